The summed E-state index contributed by atoms with van der Waals surface area (Å²) in [7, 11) is 6.50. The summed E-state index contributed by atoms with van der Waals surface area (Å²) >= 11 is 0. The zero-order valence-corrected chi connectivity index (χ0v) is 19.5. The van der Waals surface area contributed by atoms with Crippen LogP contribution < -0.4 is 24.8 Å². The van der Waals surface area contributed by atoms with Crippen molar-refractivity contribution in [1.82, 2.24) is 15.5 Å². The molecule has 0 saturated carbocycles. The van der Waals surface area contributed by atoms with Gasteiger partial charge in [0.05, 0.1) is 21.3 Å². The van der Waals surface area contributed by atoms with Crippen molar-refractivity contribution in [2.24, 2.45) is 4.99 Å². The van der Waals surface area contributed by atoms with Gasteiger partial charge in [-0.3, -0.25) is 9.79 Å². The van der Waals surface area contributed by atoms with E-state index >= 15 is 0 Å². The Morgan fingerprint density at radius 2 is 1.86 bits per heavy atom. The van der Waals surface area contributed by atoms with E-state index in [9.17, 15) is 4.79 Å². The van der Waals surface area contributed by atoms with Crippen LogP contribution in [0.1, 0.15) is 25.3 Å². The van der Waals surface area contributed by atoms with E-state index in [0.717, 1.165) is 18.5 Å². The van der Waals surface area contributed by atoms with Gasteiger partial charge in [0, 0.05) is 39.1 Å². The lowest BCUT2D eigenvalue weighted by molar-refractivity contribution is -0.129. The third-order valence-electron chi connectivity index (χ3n) is 4.59. The molecule has 0 radical (unpaired) electrons. The molecule has 28 heavy (non-hydrogen) atoms. The Labute approximate surface area is 184 Å². The number of hydrogen-bond acceptors (Lipinski definition) is 5. The van der Waals surface area contributed by atoms with Crippen LogP contribution in [0.2, 0.25) is 0 Å². The van der Waals surface area contributed by atoms with Gasteiger partial charge in [-0.25, -0.2) is 0 Å². The molecule has 1 aliphatic heterocycles. The highest BCUT2D eigenvalue weighted by molar-refractivity contribution is 14.0. The predicted molar refractivity (Wildman–Crippen MR) is 120 cm³/mol. The largest absolute Gasteiger partial charge is 0.493 e. The maximum atomic E-state index is 11.8. The quantitative estimate of drug-likeness (QED) is 0.335. The lowest BCUT2D eigenvalue weighted by atomic mass is 10.2. The molecule has 8 nitrogen and oxygen atoms in total. The van der Waals surface area contributed by atoms with E-state index in [-0.39, 0.29) is 35.9 Å². The predicted octanol–water partition coefficient (Wildman–Crippen LogP) is 2.01. The fourth-order valence-corrected chi connectivity index (χ4v) is 3.14. The Bertz CT molecular complexity index is 659. The molecule has 9 heteroatoms. The van der Waals surface area contributed by atoms with E-state index in [4.69, 9.17) is 14.2 Å². The van der Waals surface area contributed by atoms with Crippen LogP contribution in [0.25, 0.3) is 0 Å². The average molecular weight is 506 g/mol. The Morgan fingerprint density at radius 3 is 2.36 bits per heavy atom. The second kappa shape index (κ2) is 11.8. The van der Waals surface area contributed by atoms with E-state index in [1.54, 1.807) is 28.4 Å². The molecule has 2 N–H and O–H groups in total. The summed E-state index contributed by atoms with van der Waals surface area (Å²) in [6.45, 7) is 3.92. The topological polar surface area (TPSA) is 84.4 Å². The highest BCUT2D eigenvalue weighted by atomic mass is 127. The molecule has 2 rings (SSSR count). The molecule has 0 aromatic heterocycles. The Morgan fingerprint density at radius 1 is 1.21 bits per heavy atom. The molecule has 1 aromatic carbocycles. The van der Waals surface area contributed by atoms with Gasteiger partial charge < -0.3 is 29.7 Å². The first-order valence-electron chi connectivity index (χ1n) is 9.10. The lowest BCUT2D eigenvalue weighted by Crippen LogP contribution is -2.44. The molecule has 0 spiro atoms. The van der Waals surface area contributed by atoms with Crippen molar-refractivity contribution in [1.29, 1.82) is 0 Å². The number of aliphatic imine (C=N–C) groups is 1. The van der Waals surface area contributed by atoms with Crippen LogP contribution in [-0.2, 0) is 11.3 Å². The third-order valence-corrected chi connectivity index (χ3v) is 4.59. The van der Waals surface area contributed by atoms with E-state index in [1.807, 2.05) is 24.0 Å². The molecule has 1 aliphatic rings. The van der Waals surface area contributed by atoms with Crippen LogP contribution in [0.4, 0.5) is 0 Å². The van der Waals surface area contributed by atoms with Crippen molar-refractivity contribution in [3.05, 3.63) is 17.7 Å². The fourth-order valence-electron chi connectivity index (χ4n) is 3.14. The number of carbonyl (C=O) groups is 1. The normalized spacial score (nSPS) is 16.2. The number of nitrogens with zero attached hydrogens (tertiary/aromatic N) is 2. The lowest BCUT2D eigenvalue weighted by Gasteiger charge is -2.19. The van der Waals surface area contributed by atoms with Gasteiger partial charge in [-0.05, 0) is 24.1 Å². The summed E-state index contributed by atoms with van der Waals surface area (Å²) in [6, 6.07) is 4.00. The summed E-state index contributed by atoms with van der Waals surface area (Å²) in [4.78, 5) is 18.0. The number of hydrogen-bond donors (Lipinski definition) is 2. The van der Waals surface area contributed by atoms with Gasteiger partial charge in [-0.15, -0.1) is 24.0 Å². The van der Waals surface area contributed by atoms with Crippen molar-refractivity contribution < 1.29 is 19.0 Å². The monoisotopic (exact) mass is 506 g/mol. The SMILES string of the molecule is CCC(=O)N1CCC(NC(=NC)NCc2cc(OC)c(OC)c(OC)c2)C1.I. The number of ether oxygens (including phenoxy) is 3. The Balaban J connectivity index is 0.00000392. The zero-order valence-electron chi connectivity index (χ0n) is 17.2. The minimum Gasteiger partial charge on any atom is -0.493 e. The minimum atomic E-state index is 0. The van der Waals surface area contributed by atoms with Crippen molar-refractivity contribution in [2.45, 2.75) is 32.4 Å². The summed E-state index contributed by atoms with van der Waals surface area (Å²) < 4.78 is 16.1. The number of methoxy groups -OCH3 is 3. The first kappa shape index (κ1) is 24.1. The molecular weight excluding hydrogens is 475 g/mol. The van der Waals surface area contributed by atoms with Gasteiger partial charge in [0.1, 0.15) is 0 Å². The van der Waals surface area contributed by atoms with Gasteiger partial charge >= 0.3 is 0 Å². The standard InChI is InChI=1S/C19H30N4O4.HI/c1-6-17(24)23-8-7-14(12-23)22-19(20-2)21-11-13-9-15(25-3)18(27-5)16(10-13)26-4;/h9-10,14H,6-8,11-12H2,1-5H3,(H2,20,21,22);1H. The second-order valence-electron chi connectivity index (χ2n) is 6.28. The molecule has 1 fully saturated rings. The molecule has 1 unspecified atom stereocenters. The molecule has 1 saturated heterocycles. The van der Waals surface area contributed by atoms with Crippen molar-refractivity contribution >= 4 is 35.8 Å². The van der Waals surface area contributed by atoms with Crippen LogP contribution >= 0.6 is 24.0 Å². The Hall–Kier alpha value is -1.91. The number of halogens is 1. The molecule has 0 bridgehead atoms. The van der Waals surface area contributed by atoms with Gasteiger partial charge in [-0.2, -0.15) is 0 Å². The third kappa shape index (κ3) is 6.05. The van der Waals surface area contributed by atoms with Crippen LogP contribution in [0.3, 0.4) is 0 Å². The van der Waals surface area contributed by atoms with E-state index in [1.165, 1.54) is 0 Å². The van der Waals surface area contributed by atoms with Gasteiger partial charge in [0.2, 0.25) is 11.7 Å². The summed E-state index contributed by atoms with van der Waals surface area (Å²) in [5.41, 5.74) is 0.974. The van der Waals surface area contributed by atoms with E-state index in [0.29, 0.717) is 42.7 Å². The molecule has 0 aliphatic carbocycles. The first-order chi connectivity index (χ1) is 13.1. The maximum Gasteiger partial charge on any atom is 0.222 e. The number of rotatable bonds is 7. The summed E-state index contributed by atoms with van der Waals surface area (Å²) in [5, 5.41) is 6.68. The number of carbonyl (C=O) groups excluding carboxylic acids is 1. The molecule has 1 atom stereocenters. The number of nitrogens with one attached hydrogen (secondary N) is 2. The molecule has 1 heterocycles. The fraction of sp³-hybridized carbons (Fsp3) is 0.579. The highest BCUT2D eigenvalue weighted by Crippen LogP contribution is 2.38. The van der Waals surface area contributed by atoms with Crippen molar-refractivity contribution in [2.75, 3.05) is 41.5 Å². The van der Waals surface area contributed by atoms with E-state index in [2.05, 4.69) is 15.6 Å². The van der Waals surface area contributed by atoms with Gasteiger partial charge in [0.15, 0.2) is 17.5 Å². The average Bonchev–Trinajstić information content (AvgIpc) is 3.17. The zero-order chi connectivity index (χ0) is 19.8. The number of guanidine groups is 1. The first-order valence-corrected chi connectivity index (χ1v) is 9.10. The number of benzene rings is 1. The van der Waals surface area contributed by atoms with Crippen LogP contribution in [0.5, 0.6) is 17.2 Å². The van der Waals surface area contributed by atoms with Crippen molar-refractivity contribution in [3.63, 3.8) is 0 Å². The smallest absolute Gasteiger partial charge is 0.222 e. The van der Waals surface area contributed by atoms with Crippen LogP contribution in [-0.4, -0.2) is 64.3 Å². The van der Waals surface area contributed by atoms with Crippen LogP contribution in [0.15, 0.2) is 17.1 Å². The number of likely N-dealkylation sites (tertiary alicyclic amines) is 1. The van der Waals surface area contributed by atoms with E-state index < -0.39 is 0 Å². The van der Waals surface area contributed by atoms with Gasteiger partial charge in [-0.1, -0.05) is 6.92 Å². The summed E-state index contributed by atoms with van der Waals surface area (Å²) in [6.07, 6.45) is 1.46. The second-order valence-corrected chi connectivity index (χ2v) is 6.28. The van der Waals surface area contributed by atoms with Gasteiger partial charge in [0.25, 0.3) is 0 Å². The van der Waals surface area contributed by atoms with Crippen molar-refractivity contribution in [3.8, 4) is 17.2 Å². The minimum absolute atomic E-state index is 0. The maximum absolute atomic E-state index is 11.8. The molecular formula is C19H31IN4O4. The highest BCUT2D eigenvalue weighted by Gasteiger charge is 2.25. The molecule has 1 amide bonds. The molecule has 158 valence electrons. The number of amides is 1. The summed E-state index contributed by atoms with van der Waals surface area (Å²) in [5.74, 6) is 2.68. The molecule has 1 aromatic rings. The Kier molecular flexibility index (Phi) is 10.2. The van der Waals surface area contributed by atoms with Crippen LogP contribution in [0, 0.1) is 0 Å².